The first kappa shape index (κ1) is 23.6. The summed E-state index contributed by atoms with van der Waals surface area (Å²) in [5.41, 5.74) is 0.617. The molecule has 2 aromatic rings. The fourth-order valence-corrected chi connectivity index (χ4v) is 3.85. The molecule has 4 heterocycles. The van der Waals surface area contributed by atoms with E-state index in [1.165, 1.54) is 0 Å². The maximum Gasteiger partial charge on any atom is 0.490 e. The Balaban J connectivity index is 0.000000360. The van der Waals surface area contributed by atoms with Gasteiger partial charge in [0, 0.05) is 31.0 Å². The molecule has 8 nitrogen and oxygen atoms in total. The van der Waals surface area contributed by atoms with Crippen molar-refractivity contribution in [3.8, 4) is 0 Å². The zero-order chi connectivity index (χ0) is 23.4. The molecule has 0 radical (unpaired) electrons. The standard InChI is InChI=1S/C19H23N3O3.C2HF3O2/c1-14-5-10-24-17(14)18(23)22-9-7-19(13-22)12-15(6-11-25-19)21-16-4-2-3-8-20-16;3-2(4,5)1(6)7/h2-5,8,10,15H,6-7,9,11-13H2,1H3,(H,20,21);(H,6,7)/t15-,19-;/m1./s1. The SMILES string of the molecule is Cc1ccoc1C(=O)N1CC[C@@]2(C[C@H](Nc3ccccn3)CCO2)C1.O=C(O)C(F)(F)F. The van der Waals surface area contributed by atoms with Crippen molar-refractivity contribution in [3.63, 3.8) is 0 Å². The lowest BCUT2D eigenvalue weighted by atomic mass is 9.89. The van der Waals surface area contributed by atoms with Gasteiger partial charge in [-0.3, -0.25) is 4.79 Å². The molecule has 1 spiro atoms. The Labute approximate surface area is 182 Å². The van der Waals surface area contributed by atoms with Gasteiger partial charge in [-0.2, -0.15) is 13.2 Å². The van der Waals surface area contributed by atoms with E-state index < -0.39 is 12.1 Å². The highest BCUT2D eigenvalue weighted by Gasteiger charge is 2.45. The Bertz CT molecular complexity index is 934. The van der Waals surface area contributed by atoms with Crippen molar-refractivity contribution in [2.45, 2.75) is 44.0 Å². The second-order valence-corrected chi connectivity index (χ2v) is 7.79. The van der Waals surface area contributed by atoms with Crippen LogP contribution in [-0.4, -0.2) is 64.4 Å². The lowest BCUT2D eigenvalue weighted by molar-refractivity contribution is -0.192. The summed E-state index contributed by atoms with van der Waals surface area (Å²) < 4.78 is 43.2. The maximum atomic E-state index is 12.7. The van der Waals surface area contributed by atoms with Gasteiger partial charge >= 0.3 is 12.1 Å². The molecule has 0 bridgehead atoms. The molecule has 11 heteroatoms. The van der Waals surface area contributed by atoms with Crippen molar-refractivity contribution in [2.24, 2.45) is 0 Å². The maximum absolute atomic E-state index is 12.7. The van der Waals surface area contributed by atoms with Gasteiger partial charge in [-0.05, 0) is 44.4 Å². The number of hydrogen-bond acceptors (Lipinski definition) is 6. The number of rotatable bonds is 3. The molecule has 2 atom stereocenters. The third-order valence-corrected chi connectivity index (χ3v) is 5.41. The van der Waals surface area contributed by atoms with Crippen molar-refractivity contribution in [1.82, 2.24) is 9.88 Å². The molecule has 4 rings (SSSR count). The van der Waals surface area contributed by atoms with E-state index >= 15 is 0 Å². The van der Waals surface area contributed by atoms with Crippen LogP contribution in [0.3, 0.4) is 0 Å². The number of carbonyl (C=O) groups is 2. The summed E-state index contributed by atoms with van der Waals surface area (Å²) in [6, 6.07) is 8.00. The van der Waals surface area contributed by atoms with E-state index in [9.17, 15) is 18.0 Å². The van der Waals surface area contributed by atoms with Crippen LogP contribution in [0.25, 0.3) is 0 Å². The van der Waals surface area contributed by atoms with Crippen LogP contribution >= 0.6 is 0 Å². The van der Waals surface area contributed by atoms with E-state index in [0.717, 1.165) is 30.6 Å². The van der Waals surface area contributed by atoms with Crippen LogP contribution < -0.4 is 5.32 Å². The lowest BCUT2D eigenvalue weighted by Gasteiger charge is -2.38. The van der Waals surface area contributed by atoms with Crippen LogP contribution in [0.15, 0.2) is 41.1 Å². The van der Waals surface area contributed by atoms with Crippen molar-refractivity contribution in [3.05, 3.63) is 48.0 Å². The second-order valence-electron chi connectivity index (χ2n) is 7.79. The number of carboxylic acid groups (broad SMARTS) is 1. The van der Waals surface area contributed by atoms with Gasteiger partial charge in [0.05, 0.1) is 18.4 Å². The molecular formula is C21H24F3N3O5. The zero-order valence-corrected chi connectivity index (χ0v) is 17.4. The number of nitrogens with zero attached hydrogens (tertiary/aromatic N) is 2. The number of alkyl halides is 3. The molecule has 2 aliphatic heterocycles. The second kappa shape index (κ2) is 9.60. The number of aryl methyl sites for hydroxylation is 1. The van der Waals surface area contributed by atoms with Gasteiger partial charge in [-0.25, -0.2) is 9.78 Å². The van der Waals surface area contributed by atoms with Crippen LogP contribution in [-0.2, 0) is 9.53 Å². The molecule has 2 aliphatic rings. The Kier molecular flexibility index (Phi) is 7.07. The quantitative estimate of drug-likeness (QED) is 0.730. The van der Waals surface area contributed by atoms with Crippen LogP contribution in [0, 0.1) is 6.92 Å². The molecule has 0 unspecified atom stereocenters. The lowest BCUT2D eigenvalue weighted by Crippen LogP contribution is -2.47. The van der Waals surface area contributed by atoms with E-state index in [-0.39, 0.29) is 11.5 Å². The summed E-state index contributed by atoms with van der Waals surface area (Å²) in [7, 11) is 0. The first-order valence-corrected chi connectivity index (χ1v) is 10.0. The van der Waals surface area contributed by atoms with Gasteiger partial charge in [0.15, 0.2) is 5.76 Å². The van der Waals surface area contributed by atoms with Crippen LogP contribution in [0.4, 0.5) is 19.0 Å². The predicted molar refractivity (Wildman–Crippen MR) is 107 cm³/mol. The van der Waals surface area contributed by atoms with Crippen molar-refractivity contribution < 1.29 is 37.0 Å². The highest BCUT2D eigenvalue weighted by molar-refractivity contribution is 5.93. The molecule has 0 aromatic carbocycles. The van der Waals surface area contributed by atoms with Gasteiger partial charge in [0.25, 0.3) is 5.91 Å². The molecule has 32 heavy (non-hydrogen) atoms. The van der Waals surface area contributed by atoms with E-state index in [0.29, 0.717) is 31.5 Å². The number of anilines is 1. The number of likely N-dealkylation sites (tertiary alicyclic amines) is 1. The fraction of sp³-hybridized carbons (Fsp3) is 0.476. The number of ether oxygens (including phenoxy) is 1. The normalized spacial score (nSPS) is 22.9. The van der Waals surface area contributed by atoms with Crippen molar-refractivity contribution >= 4 is 17.7 Å². The average molecular weight is 455 g/mol. The summed E-state index contributed by atoms with van der Waals surface area (Å²) in [5, 5.41) is 10.6. The largest absolute Gasteiger partial charge is 0.490 e. The monoisotopic (exact) mass is 455 g/mol. The van der Waals surface area contributed by atoms with Crippen molar-refractivity contribution in [1.29, 1.82) is 0 Å². The number of carboxylic acids is 1. The number of aromatic nitrogens is 1. The topological polar surface area (TPSA) is 105 Å². The zero-order valence-electron chi connectivity index (χ0n) is 17.4. The summed E-state index contributed by atoms with van der Waals surface area (Å²) in [6.45, 7) is 3.92. The van der Waals surface area contributed by atoms with Crippen LogP contribution in [0.2, 0.25) is 0 Å². The van der Waals surface area contributed by atoms with Gasteiger partial charge in [-0.15, -0.1) is 0 Å². The molecule has 0 saturated carbocycles. The first-order chi connectivity index (χ1) is 15.1. The minimum atomic E-state index is -5.08. The summed E-state index contributed by atoms with van der Waals surface area (Å²) in [4.78, 5) is 27.8. The minimum Gasteiger partial charge on any atom is -0.475 e. The van der Waals surface area contributed by atoms with Gasteiger partial charge in [-0.1, -0.05) is 6.07 Å². The van der Waals surface area contributed by atoms with E-state index in [1.807, 2.05) is 36.1 Å². The van der Waals surface area contributed by atoms with Gasteiger partial charge < -0.3 is 24.5 Å². The molecule has 2 N–H and O–H groups in total. The van der Waals surface area contributed by atoms with Crippen LogP contribution in [0.1, 0.15) is 35.4 Å². The highest BCUT2D eigenvalue weighted by Crippen LogP contribution is 2.36. The van der Waals surface area contributed by atoms with Gasteiger partial charge in [0.1, 0.15) is 5.82 Å². The Hall–Kier alpha value is -3.08. The predicted octanol–water partition coefficient (Wildman–Crippen LogP) is 3.49. The van der Waals surface area contributed by atoms with Crippen molar-refractivity contribution in [2.75, 3.05) is 25.0 Å². The summed E-state index contributed by atoms with van der Waals surface area (Å²) >= 11 is 0. The smallest absolute Gasteiger partial charge is 0.475 e. The number of aliphatic carboxylic acids is 1. The number of carbonyl (C=O) groups excluding carboxylic acids is 1. The number of pyridine rings is 1. The van der Waals surface area contributed by atoms with Gasteiger partial charge in [0.2, 0.25) is 0 Å². The highest BCUT2D eigenvalue weighted by atomic mass is 19.4. The van der Waals surface area contributed by atoms with E-state index in [4.69, 9.17) is 19.1 Å². The molecule has 2 aromatic heterocycles. The van der Waals surface area contributed by atoms with E-state index in [1.54, 1.807) is 12.5 Å². The third-order valence-electron chi connectivity index (χ3n) is 5.41. The first-order valence-electron chi connectivity index (χ1n) is 10.0. The molecule has 0 aliphatic carbocycles. The third kappa shape index (κ3) is 5.78. The Morgan fingerprint density at radius 3 is 2.66 bits per heavy atom. The number of amides is 1. The minimum absolute atomic E-state index is 0.0391. The fourth-order valence-electron chi connectivity index (χ4n) is 3.85. The summed E-state index contributed by atoms with van der Waals surface area (Å²) in [5.74, 6) is -1.46. The Morgan fingerprint density at radius 1 is 1.31 bits per heavy atom. The number of furan rings is 1. The number of nitrogens with one attached hydrogen (secondary N) is 1. The summed E-state index contributed by atoms with van der Waals surface area (Å²) in [6.07, 6.45) is 0.963. The van der Waals surface area contributed by atoms with Crippen LogP contribution in [0.5, 0.6) is 0 Å². The molecule has 1 amide bonds. The molecule has 2 fully saturated rings. The molecular weight excluding hydrogens is 431 g/mol. The van der Waals surface area contributed by atoms with E-state index in [2.05, 4.69) is 10.3 Å². The average Bonchev–Trinajstić information content (AvgIpc) is 3.35. The molecule has 174 valence electrons. The Morgan fingerprint density at radius 2 is 2.06 bits per heavy atom. The molecule has 2 saturated heterocycles. The number of hydrogen-bond donors (Lipinski definition) is 2. The number of halogens is 3.